The monoisotopic (exact) mass is 367 g/mol. The average molecular weight is 368 g/mol. The number of carbonyl (C=O) groups excluding carboxylic acids is 2. The van der Waals surface area contributed by atoms with Crippen molar-refractivity contribution < 1.29 is 25.0 Å². The van der Waals surface area contributed by atoms with Gasteiger partial charge in [0.2, 0.25) is 5.91 Å². The Kier molecular flexibility index (Phi) is 5.46. The lowest BCUT2D eigenvalue weighted by Crippen LogP contribution is -2.72. The second-order valence-electron chi connectivity index (χ2n) is 5.75. The SMILES string of the molecule is N[C@@H](C(=O)N[C@H]1C(=O)N2C(C(=O)O)=C(Cl)CC[C@H]12)c1ccccc1.O. The van der Waals surface area contributed by atoms with Gasteiger partial charge in [0.15, 0.2) is 0 Å². The van der Waals surface area contributed by atoms with Crippen molar-refractivity contribution >= 4 is 29.4 Å². The third-order valence-electron chi connectivity index (χ3n) is 4.32. The summed E-state index contributed by atoms with van der Waals surface area (Å²) in [6, 6.07) is 6.74. The minimum Gasteiger partial charge on any atom is -0.477 e. The van der Waals surface area contributed by atoms with Crippen LogP contribution in [0.5, 0.6) is 0 Å². The van der Waals surface area contributed by atoms with Crippen LogP contribution in [-0.4, -0.2) is 45.3 Å². The smallest absolute Gasteiger partial charge is 0.353 e. The number of benzene rings is 1. The van der Waals surface area contributed by atoms with Crippen molar-refractivity contribution in [1.82, 2.24) is 10.2 Å². The van der Waals surface area contributed by atoms with Crippen LogP contribution in [0.15, 0.2) is 41.1 Å². The lowest BCUT2D eigenvalue weighted by molar-refractivity contribution is -0.156. The van der Waals surface area contributed by atoms with Crippen LogP contribution in [0, 0.1) is 0 Å². The second kappa shape index (κ2) is 7.22. The Labute approximate surface area is 148 Å². The molecular weight excluding hydrogens is 350 g/mol. The Morgan fingerprint density at radius 2 is 1.96 bits per heavy atom. The van der Waals surface area contributed by atoms with Crippen LogP contribution >= 0.6 is 11.6 Å². The van der Waals surface area contributed by atoms with Gasteiger partial charge in [-0.15, -0.1) is 0 Å². The van der Waals surface area contributed by atoms with Crippen LogP contribution in [0.2, 0.25) is 0 Å². The predicted molar refractivity (Wildman–Crippen MR) is 89.3 cm³/mol. The Hall–Kier alpha value is -2.42. The van der Waals surface area contributed by atoms with Crippen molar-refractivity contribution in [2.75, 3.05) is 0 Å². The fourth-order valence-corrected chi connectivity index (χ4v) is 3.35. The molecule has 1 saturated heterocycles. The summed E-state index contributed by atoms with van der Waals surface area (Å²) in [5.41, 5.74) is 6.35. The molecule has 1 aromatic rings. The molecular formula is C16H18ClN3O5. The van der Waals surface area contributed by atoms with Gasteiger partial charge < -0.3 is 21.6 Å². The molecule has 2 aliphatic heterocycles. The predicted octanol–water partition coefficient (Wildman–Crippen LogP) is -0.114. The zero-order valence-corrected chi connectivity index (χ0v) is 13.9. The molecule has 0 spiro atoms. The highest BCUT2D eigenvalue weighted by molar-refractivity contribution is 6.32. The van der Waals surface area contributed by atoms with E-state index in [1.165, 1.54) is 0 Å². The summed E-state index contributed by atoms with van der Waals surface area (Å²) in [4.78, 5) is 37.0. The molecule has 0 aromatic heterocycles. The fraction of sp³-hybridized carbons (Fsp3) is 0.312. The van der Waals surface area contributed by atoms with Crippen LogP contribution < -0.4 is 11.1 Å². The molecule has 0 radical (unpaired) electrons. The van der Waals surface area contributed by atoms with E-state index >= 15 is 0 Å². The molecule has 2 amide bonds. The van der Waals surface area contributed by atoms with E-state index in [9.17, 15) is 19.5 Å². The topological polar surface area (TPSA) is 144 Å². The largest absolute Gasteiger partial charge is 0.477 e. The minimum atomic E-state index is -1.25. The number of carboxylic acids is 1. The molecule has 6 N–H and O–H groups in total. The van der Waals surface area contributed by atoms with E-state index in [1.54, 1.807) is 24.3 Å². The molecule has 0 aliphatic carbocycles. The molecule has 134 valence electrons. The van der Waals surface area contributed by atoms with Gasteiger partial charge in [-0.25, -0.2) is 4.79 Å². The highest BCUT2D eigenvalue weighted by Crippen LogP contribution is 2.38. The summed E-state index contributed by atoms with van der Waals surface area (Å²) in [5, 5.41) is 12.0. The molecule has 2 heterocycles. The van der Waals surface area contributed by atoms with Gasteiger partial charge in [-0.05, 0) is 18.4 Å². The highest BCUT2D eigenvalue weighted by Gasteiger charge is 2.53. The zero-order valence-electron chi connectivity index (χ0n) is 13.1. The molecule has 25 heavy (non-hydrogen) atoms. The number of amides is 2. The van der Waals surface area contributed by atoms with Crippen molar-refractivity contribution in [3.8, 4) is 0 Å². The number of fused-ring (bicyclic) bond motifs is 1. The Balaban J connectivity index is 0.00000225. The van der Waals surface area contributed by atoms with Gasteiger partial charge >= 0.3 is 5.97 Å². The molecule has 3 atom stereocenters. The maximum atomic E-state index is 12.3. The first kappa shape index (κ1) is 18.9. The average Bonchev–Trinajstić information content (AvgIpc) is 2.59. The number of rotatable bonds is 4. The summed E-state index contributed by atoms with van der Waals surface area (Å²) < 4.78 is 0. The van der Waals surface area contributed by atoms with E-state index in [0.717, 1.165) is 4.90 Å². The number of nitrogens with two attached hydrogens (primary N) is 1. The van der Waals surface area contributed by atoms with E-state index in [-0.39, 0.29) is 16.2 Å². The fourth-order valence-electron chi connectivity index (χ4n) is 3.07. The van der Waals surface area contributed by atoms with Crippen LogP contribution in [-0.2, 0) is 14.4 Å². The van der Waals surface area contributed by atoms with Gasteiger partial charge in [-0.2, -0.15) is 0 Å². The van der Waals surface area contributed by atoms with Gasteiger partial charge in [-0.3, -0.25) is 14.5 Å². The van der Waals surface area contributed by atoms with Crippen molar-refractivity contribution in [3.05, 3.63) is 46.6 Å². The first-order valence-corrected chi connectivity index (χ1v) is 7.85. The van der Waals surface area contributed by atoms with Gasteiger partial charge in [0.25, 0.3) is 5.91 Å². The normalized spacial score (nSPS) is 23.1. The summed E-state index contributed by atoms with van der Waals surface area (Å²) in [6.45, 7) is 0. The molecule has 2 aliphatic rings. The number of carbonyl (C=O) groups is 3. The second-order valence-corrected chi connectivity index (χ2v) is 6.20. The third-order valence-corrected chi connectivity index (χ3v) is 4.69. The summed E-state index contributed by atoms with van der Waals surface area (Å²) in [5.74, 6) is -2.20. The first-order valence-electron chi connectivity index (χ1n) is 7.47. The summed E-state index contributed by atoms with van der Waals surface area (Å²) >= 11 is 5.92. The molecule has 1 aromatic carbocycles. The van der Waals surface area contributed by atoms with E-state index in [0.29, 0.717) is 18.4 Å². The lowest BCUT2D eigenvalue weighted by atomic mass is 9.86. The molecule has 1 fully saturated rings. The van der Waals surface area contributed by atoms with Crippen molar-refractivity contribution in [3.63, 3.8) is 0 Å². The number of nitrogens with one attached hydrogen (secondary N) is 1. The molecule has 0 saturated carbocycles. The maximum absolute atomic E-state index is 12.3. The summed E-state index contributed by atoms with van der Waals surface area (Å²) in [7, 11) is 0. The Morgan fingerprint density at radius 1 is 1.32 bits per heavy atom. The number of β-lactam (4-membered cyclic amide) rings is 1. The first-order chi connectivity index (χ1) is 11.4. The molecule has 0 bridgehead atoms. The van der Waals surface area contributed by atoms with Crippen molar-refractivity contribution in [2.24, 2.45) is 5.73 Å². The lowest BCUT2D eigenvalue weighted by Gasteiger charge is -2.49. The zero-order chi connectivity index (χ0) is 17.4. The number of hydrogen-bond donors (Lipinski definition) is 3. The highest BCUT2D eigenvalue weighted by atomic mass is 35.5. The number of nitrogens with zero attached hydrogens (tertiary/aromatic N) is 1. The van der Waals surface area contributed by atoms with E-state index in [1.807, 2.05) is 6.07 Å². The Bertz CT molecular complexity index is 737. The number of hydrogen-bond acceptors (Lipinski definition) is 4. The molecule has 8 nitrogen and oxygen atoms in total. The van der Waals surface area contributed by atoms with Gasteiger partial charge in [0.1, 0.15) is 17.8 Å². The standard InChI is InChI=1S/C16H16ClN3O4.H2O/c17-9-6-7-10-12(15(22)20(10)13(9)16(23)24)19-14(21)11(18)8-4-2-1-3-5-8;/h1-5,10-12H,6-7,18H2,(H,19,21)(H,23,24);1H2/t10-,11-,12-;/m1./s1. The van der Waals surface area contributed by atoms with Crippen molar-refractivity contribution in [1.29, 1.82) is 0 Å². The van der Waals surface area contributed by atoms with Crippen LogP contribution in [0.25, 0.3) is 0 Å². The van der Waals surface area contributed by atoms with Crippen LogP contribution in [0.1, 0.15) is 24.4 Å². The maximum Gasteiger partial charge on any atom is 0.353 e. The minimum absolute atomic E-state index is 0. The van der Waals surface area contributed by atoms with Gasteiger partial charge in [0.05, 0.1) is 6.04 Å². The Morgan fingerprint density at radius 3 is 2.56 bits per heavy atom. The van der Waals surface area contributed by atoms with E-state index in [2.05, 4.69) is 5.32 Å². The quantitative estimate of drug-likeness (QED) is 0.635. The number of carboxylic acid groups (broad SMARTS) is 1. The molecule has 9 heteroatoms. The molecule has 0 unspecified atom stereocenters. The molecule has 3 rings (SSSR count). The number of halogens is 1. The number of allylic oxidation sites excluding steroid dienone is 1. The number of aliphatic carboxylic acids is 1. The van der Waals surface area contributed by atoms with E-state index in [4.69, 9.17) is 17.3 Å². The van der Waals surface area contributed by atoms with Crippen LogP contribution in [0.4, 0.5) is 0 Å². The van der Waals surface area contributed by atoms with Crippen molar-refractivity contribution in [2.45, 2.75) is 31.0 Å². The summed E-state index contributed by atoms with van der Waals surface area (Å²) in [6.07, 6.45) is 0.849. The van der Waals surface area contributed by atoms with Crippen LogP contribution in [0.3, 0.4) is 0 Å². The third kappa shape index (κ3) is 3.23. The van der Waals surface area contributed by atoms with Gasteiger partial charge in [0, 0.05) is 5.03 Å². The van der Waals surface area contributed by atoms with Gasteiger partial charge in [-0.1, -0.05) is 41.9 Å². The van der Waals surface area contributed by atoms with E-state index < -0.39 is 35.9 Å².